The van der Waals surface area contributed by atoms with Gasteiger partial charge in [-0.2, -0.15) is 12.1 Å². The molecule has 0 radical (unpaired) electrons. The minimum absolute atomic E-state index is 0. The Bertz CT molecular complexity index is 407. The van der Waals surface area contributed by atoms with E-state index in [9.17, 15) is 4.79 Å². The fourth-order valence-corrected chi connectivity index (χ4v) is 1.35. The molecule has 2 nitrogen and oxygen atoms in total. The summed E-state index contributed by atoms with van der Waals surface area (Å²) in [6.45, 7) is 2.19. The first-order valence-electron chi connectivity index (χ1n) is 5.31. The van der Waals surface area contributed by atoms with Crippen molar-refractivity contribution in [1.29, 1.82) is 0 Å². The van der Waals surface area contributed by atoms with E-state index < -0.39 is 0 Å². The van der Waals surface area contributed by atoms with Gasteiger partial charge in [-0.15, -0.1) is 6.61 Å². The maximum Gasteiger partial charge on any atom is 0.117 e. The molecule has 0 saturated carbocycles. The van der Waals surface area contributed by atoms with Crippen LogP contribution >= 0.6 is 11.6 Å². The predicted octanol–water partition coefficient (Wildman–Crippen LogP) is 3.72. The Morgan fingerprint density at radius 2 is 1.83 bits per heavy atom. The fraction of sp³-hybridized carbons (Fsp3) is 0.214. The Labute approximate surface area is 123 Å². The predicted molar refractivity (Wildman–Crippen MR) is 69.6 cm³/mol. The molecule has 0 aromatic heterocycles. The third kappa shape index (κ3) is 6.77. The van der Waals surface area contributed by atoms with Gasteiger partial charge < -0.3 is 39.4 Å². The fourth-order valence-electron chi connectivity index (χ4n) is 1.28. The molecule has 0 heterocycles. The molecule has 0 fully saturated rings. The van der Waals surface area contributed by atoms with Crippen LogP contribution < -0.4 is 0 Å². The van der Waals surface area contributed by atoms with Crippen molar-refractivity contribution < 1.29 is 26.6 Å². The number of carbonyl (C=O) groups is 1. The first-order valence-corrected chi connectivity index (χ1v) is 5.84. The van der Waals surface area contributed by atoms with E-state index in [1.807, 2.05) is 48.5 Å². The Hall–Kier alpha value is -0.861. The molecular formula is C14H15ClFeO2-6. The van der Waals surface area contributed by atoms with Crippen LogP contribution in [0.3, 0.4) is 0 Å². The van der Waals surface area contributed by atoms with Gasteiger partial charge in [0.25, 0.3) is 0 Å². The van der Waals surface area contributed by atoms with Crippen molar-refractivity contribution in [2.75, 3.05) is 6.07 Å². The zero-order chi connectivity index (χ0) is 12.5. The number of hydrogen-bond acceptors (Lipinski definition) is 2. The van der Waals surface area contributed by atoms with Crippen LogP contribution in [0.1, 0.15) is 22.8 Å². The van der Waals surface area contributed by atoms with Crippen molar-refractivity contribution in [3.05, 3.63) is 59.7 Å². The third-order valence-corrected chi connectivity index (χ3v) is 2.30. The van der Waals surface area contributed by atoms with Crippen LogP contribution in [-0.4, -0.2) is 11.8 Å². The molecule has 0 aliphatic heterocycles. The Morgan fingerprint density at radius 3 is 2.22 bits per heavy atom. The molecule has 0 atom stereocenters. The quantitative estimate of drug-likeness (QED) is 0.372. The Kier molecular flexibility index (Phi) is 9.62. The van der Waals surface area contributed by atoms with Gasteiger partial charge in [0.1, 0.15) is 11.8 Å². The number of alkyl halides is 1. The van der Waals surface area contributed by atoms with Gasteiger partial charge in [0.15, 0.2) is 0 Å². The number of ketones is 1. The van der Waals surface area contributed by atoms with Crippen molar-refractivity contribution >= 4 is 17.4 Å². The van der Waals surface area contributed by atoms with Crippen LogP contribution in [0, 0.1) is 0 Å². The van der Waals surface area contributed by atoms with Gasteiger partial charge in [-0.1, -0.05) is 17.2 Å². The Morgan fingerprint density at radius 1 is 1.28 bits per heavy atom. The first-order chi connectivity index (χ1) is 8.24. The SMILES string of the molecule is CC(=O)[c-]1cccc1.ClCOC[c-]1[cH-][cH-][cH-][cH-]1.[Fe]. The van der Waals surface area contributed by atoms with Gasteiger partial charge in [0.05, 0.1) is 0 Å². The summed E-state index contributed by atoms with van der Waals surface area (Å²) in [6.07, 6.45) is 0. The molecule has 2 aromatic rings. The van der Waals surface area contributed by atoms with Crippen molar-refractivity contribution in [2.45, 2.75) is 13.5 Å². The van der Waals surface area contributed by atoms with Crippen molar-refractivity contribution in [1.82, 2.24) is 0 Å². The second-order valence-corrected chi connectivity index (χ2v) is 3.70. The number of Topliss-reactive ketones (excluding diaryl/α,β-unsaturated/α-hetero) is 1. The standard InChI is InChI=1S/C7H8ClO.C7H7O.Fe/c8-6-9-5-7-3-1-2-4-7;1-6(8)7-4-2-3-5-7;/h1-4H,5-6H2;2-5H,1H3;/q-5;-1;. The van der Waals surface area contributed by atoms with E-state index in [0.29, 0.717) is 6.61 Å². The van der Waals surface area contributed by atoms with E-state index in [0.717, 1.165) is 5.56 Å². The van der Waals surface area contributed by atoms with Crippen LogP contribution in [0.4, 0.5) is 0 Å². The molecule has 4 heteroatoms. The Balaban J connectivity index is 0.000000306. The van der Waals surface area contributed by atoms with Crippen molar-refractivity contribution in [2.24, 2.45) is 0 Å². The molecule has 0 saturated heterocycles. The molecule has 104 valence electrons. The zero-order valence-electron chi connectivity index (χ0n) is 10.1. The average Bonchev–Trinajstić information content (AvgIpc) is 3.00. The number of carbonyl (C=O) groups excluding carboxylic acids is 1. The molecule has 0 N–H and O–H groups in total. The van der Waals surface area contributed by atoms with Gasteiger partial charge in [0, 0.05) is 17.1 Å². The zero-order valence-corrected chi connectivity index (χ0v) is 11.9. The molecule has 0 spiro atoms. The van der Waals surface area contributed by atoms with E-state index >= 15 is 0 Å². The molecular weight excluding hydrogens is 291 g/mol. The van der Waals surface area contributed by atoms with Gasteiger partial charge >= 0.3 is 0 Å². The first kappa shape index (κ1) is 17.1. The molecule has 0 aliphatic carbocycles. The molecule has 0 amide bonds. The molecule has 2 rings (SSSR count). The summed E-state index contributed by atoms with van der Waals surface area (Å²) in [5, 5.41) is 0. The minimum Gasteiger partial charge on any atom is -0.747 e. The summed E-state index contributed by atoms with van der Waals surface area (Å²) in [4.78, 5) is 10.5. The monoisotopic (exact) mass is 306 g/mol. The summed E-state index contributed by atoms with van der Waals surface area (Å²) < 4.78 is 4.94. The van der Waals surface area contributed by atoms with Gasteiger partial charge in [-0.25, -0.2) is 12.1 Å². The topological polar surface area (TPSA) is 26.3 Å². The smallest absolute Gasteiger partial charge is 0.117 e. The van der Waals surface area contributed by atoms with Crippen molar-refractivity contribution in [3.63, 3.8) is 0 Å². The van der Waals surface area contributed by atoms with Crippen LogP contribution in [0.25, 0.3) is 0 Å². The summed E-state index contributed by atoms with van der Waals surface area (Å²) >= 11 is 5.30. The number of ether oxygens (including phenoxy) is 1. The van der Waals surface area contributed by atoms with E-state index in [-0.39, 0.29) is 28.9 Å². The van der Waals surface area contributed by atoms with E-state index in [2.05, 4.69) is 0 Å². The normalized spacial score (nSPS) is 9.00. The van der Waals surface area contributed by atoms with Gasteiger partial charge in [-0.3, -0.25) is 0 Å². The third-order valence-electron chi connectivity index (χ3n) is 2.15. The summed E-state index contributed by atoms with van der Waals surface area (Å²) in [5.41, 5.74) is 1.97. The van der Waals surface area contributed by atoms with E-state index in [1.165, 1.54) is 5.56 Å². The van der Waals surface area contributed by atoms with E-state index in [1.54, 1.807) is 6.92 Å². The summed E-state index contributed by atoms with van der Waals surface area (Å²) in [7, 11) is 0. The van der Waals surface area contributed by atoms with Crippen LogP contribution in [0.5, 0.6) is 0 Å². The maximum absolute atomic E-state index is 10.5. The van der Waals surface area contributed by atoms with Crippen LogP contribution in [-0.2, 0) is 28.4 Å². The summed E-state index contributed by atoms with van der Waals surface area (Å²) in [5.74, 6) is 0.134. The minimum atomic E-state index is 0. The number of halogens is 1. The molecule has 2 aromatic carbocycles. The van der Waals surface area contributed by atoms with Gasteiger partial charge in [0.2, 0.25) is 0 Å². The second-order valence-electron chi connectivity index (χ2n) is 3.48. The summed E-state index contributed by atoms with van der Waals surface area (Å²) in [6, 6.07) is 15.6. The average molecular weight is 307 g/mol. The maximum atomic E-state index is 10.5. The number of hydrogen-bond donors (Lipinski definition) is 0. The van der Waals surface area contributed by atoms with Crippen molar-refractivity contribution in [3.8, 4) is 0 Å². The van der Waals surface area contributed by atoms with Gasteiger partial charge in [-0.05, 0) is 6.92 Å². The largest absolute Gasteiger partial charge is 0.747 e. The second kappa shape index (κ2) is 10.1. The van der Waals surface area contributed by atoms with Crippen LogP contribution in [0.2, 0.25) is 0 Å². The number of rotatable bonds is 4. The molecule has 0 unspecified atom stereocenters. The van der Waals surface area contributed by atoms with E-state index in [4.69, 9.17) is 16.3 Å². The molecule has 18 heavy (non-hydrogen) atoms. The molecule has 0 bridgehead atoms. The molecule has 0 aliphatic rings. The van der Waals surface area contributed by atoms with Crippen LogP contribution in [0.15, 0.2) is 48.5 Å².